The zero-order chi connectivity index (χ0) is 12.4. The van der Waals surface area contributed by atoms with Crippen LogP contribution >= 0.6 is 12.2 Å². The molecule has 88 valence electrons. The zero-order valence-electron chi connectivity index (χ0n) is 9.14. The van der Waals surface area contributed by atoms with E-state index in [0.717, 1.165) is 10.9 Å². The van der Waals surface area contributed by atoms with Crippen LogP contribution < -0.4 is 11.2 Å². The van der Waals surface area contributed by atoms with Crippen molar-refractivity contribution in [2.75, 3.05) is 12.5 Å². The van der Waals surface area contributed by atoms with Crippen molar-refractivity contribution in [2.24, 2.45) is 5.73 Å². The van der Waals surface area contributed by atoms with Gasteiger partial charge >= 0.3 is 5.97 Å². The van der Waals surface area contributed by atoms with Gasteiger partial charge in [0.05, 0.1) is 12.6 Å². The van der Waals surface area contributed by atoms with Crippen LogP contribution in [0.3, 0.4) is 0 Å². The molecule has 1 aromatic heterocycles. The third-order valence-electron chi connectivity index (χ3n) is 2.33. The van der Waals surface area contributed by atoms with E-state index in [9.17, 15) is 4.79 Å². The predicted molar refractivity (Wildman–Crippen MR) is 69.4 cm³/mol. The van der Waals surface area contributed by atoms with E-state index in [1.807, 2.05) is 24.3 Å². The molecule has 0 unspecified atom stereocenters. The van der Waals surface area contributed by atoms with Gasteiger partial charge in [0, 0.05) is 5.39 Å². The van der Waals surface area contributed by atoms with Gasteiger partial charge in [-0.2, -0.15) is 0 Å². The smallest absolute Gasteiger partial charge is 0.356 e. The first-order valence-electron chi connectivity index (χ1n) is 4.88. The van der Waals surface area contributed by atoms with Crippen molar-refractivity contribution < 1.29 is 9.53 Å². The van der Waals surface area contributed by atoms with Gasteiger partial charge in [-0.05, 0) is 24.4 Å². The van der Waals surface area contributed by atoms with Crippen LogP contribution in [0.5, 0.6) is 0 Å². The number of carbonyl (C=O) groups is 1. The van der Waals surface area contributed by atoms with Gasteiger partial charge in [-0.1, -0.05) is 18.2 Å². The first kappa shape index (κ1) is 11.4. The Kier molecular flexibility index (Phi) is 2.97. The average molecular weight is 249 g/mol. The molecule has 0 aliphatic heterocycles. The van der Waals surface area contributed by atoms with Crippen LogP contribution in [-0.4, -0.2) is 22.9 Å². The summed E-state index contributed by atoms with van der Waals surface area (Å²) in [7, 11) is 1.32. The Morgan fingerprint density at radius 2 is 2.18 bits per heavy atom. The highest BCUT2D eigenvalue weighted by Gasteiger charge is 2.15. The molecule has 0 atom stereocenters. The van der Waals surface area contributed by atoms with Crippen LogP contribution in [0.25, 0.3) is 10.9 Å². The summed E-state index contributed by atoms with van der Waals surface area (Å²) in [6.45, 7) is 0. The summed E-state index contributed by atoms with van der Waals surface area (Å²) in [5.41, 5.74) is 9.32. The lowest BCUT2D eigenvalue weighted by Crippen LogP contribution is -2.30. The van der Waals surface area contributed by atoms with Gasteiger partial charge in [-0.15, -0.1) is 0 Å². The lowest BCUT2D eigenvalue weighted by Gasteiger charge is -2.10. The molecule has 1 heterocycles. The molecule has 0 aliphatic carbocycles. The molecule has 0 fully saturated rings. The SMILES string of the molecule is COC(=O)c1cc2ccccc2n1NC(N)=S. The number of ether oxygens (including phenoxy) is 1. The van der Waals surface area contributed by atoms with Crippen LogP contribution in [0.2, 0.25) is 0 Å². The number of fused-ring (bicyclic) bond motifs is 1. The summed E-state index contributed by atoms with van der Waals surface area (Å²) in [6, 6.07) is 9.20. The lowest BCUT2D eigenvalue weighted by atomic mass is 10.2. The van der Waals surface area contributed by atoms with E-state index in [1.54, 1.807) is 6.07 Å². The summed E-state index contributed by atoms with van der Waals surface area (Å²) >= 11 is 4.78. The number of benzene rings is 1. The summed E-state index contributed by atoms with van der Waals surface area (Å²) in [5.74, 6) is -0.454. The predicted octanol–water partition coefficient (Wildman–Crippen LogP) is 1.21. The summed E-state index contributed by atoms with van der Waals surface area (Å²) < 4.78 is 6.22. The zero-order valence-corrected chi connectivity index (χ0v) is 9.95. The second-order valence-corrected chi connectivity index (χ2v) is 3.83. The van der Waals surface area contributed by atoms with Crippen LogP contribution in [0.1, 0.15) is 10.5 Å². The molecule has 0 aliphatic rings. The van der Waals surface area contributed by atoms with Crippen molar-refractivity contribution in [2.45, 2.75) is 0 Å². The molecule has 0 saturated carbocycles. The molecule has 1 aromatic carbocycles. The molecule has 6 heteroatoms. The summed E-state index contributed by atoms with van der Waals surface area (Å²) in [6.07, 6.45) is 0. The minimum atomic E-state index is -0.454. The van der Waals surface area contributed by atoms with Crippen molar-refractivity contribution in [3.05, 3.63) is 36.0 Å². The van der Waals surface area contributed by atoms with Gasteiger partial charge in [0.25, 0.3) is 0 Å². The van der Waals surface area contributed by atoms with Gasteiger partial charge in [0.1, 0.15) is 5.69 Å². The molecular weight excluding hydrogens is 238 g/mol. The standard InChI is InChI=1S/C11H11N3O2S/c1-16-10(15)9-6-7-4-2-3-5-8(7)14(9)13-11(12)17/h2-6H,1H3,(H3,12,13,17). The van der Waals surface area contributed by atoms with E-state index >= 15 is 0 Å². The van der Waals surface area contributed by atoms with Crippen LogP contribution in [0.4, 0.5) is 0 Å². The number of para-hydroxylation sites is 1. The first-order valence-corrected chi connectivity index (χ1v) is 5.29. The maximum Gasteiger partial charge on any atom is 0.356 e. The van der Waals surface area contributed by atoms with Crippen molar-refractivity contribution in [1.82, 2.24) is 4.68 Å². The number of hydrogen-bond donors (Lipinski definition) is 2. The molecule has 2 rings (SSSR count). The molecule has 0 saturated heterocycles. The van der Waals surface area contributed by atoms with Crippen molar-refractivity contribution in [3.8, 4) is 0 Å². The average Bonchev–Trinajstić information content (AvgIpc) is 2.67. The Morgan fingerprint density at radius 1 is 1.47 bits per heavy atom. The number of esters is 1. The van der Waals surface area contributed by atoms with Gasteiger partial charge in [0.2, 0.25) is 0 Å². The molecule has 5 nitrogen and oxygen atoms in total. The molecule has 0 radical (unpaired) electrons. The Hall–Kier alpha value is -2.08. The highest BCUT2D eigenvalue weighted by atomic mass is 32.1. The van der Waals surface area contributed by atoms with Crippen LogP contribution in [-0.2, 0) is 4.74 Å². The fourth-order valence-electron chi connectivity index (χ4n) is 1.64. The fraction of sp³-hybridized carbons (Fsp3) is 0.0909. The molecule has 2 aromatic rings. The number of nitrogens with two attached hydrogens (primary N) is 1. The second-order valence-electron chi connectivity index (χ2n) is 3.39. The maximum atomic E-state index is 11.6. The molecular formula is C11H11N3O2S. The molecule has 0 spiro atoms. The first-order chi connectivity index (χ1) is 8.13. The van der Waals surface area contributed by atoms with E-state index in [-0.39, 0.29) is 5.11 Å². The molecule has 3 N–H and O–H groups in total. The number of methoxy groups -OCH3 is 1. The largest absolute Gasteiger partial charge is 0.464 e. The van der Waals surface area contributed by atoms with Gasteiger partial charge in [0.15, 0.2) is 5.11 Å². The van der Waals surface area contributed by atoms with E-state index in [4.69, 9.17) is 22.7 Å². The van der Waals surface area contributed by atoms with Crippen LogP contribution in [0.15, 0.2) is 30.3 Å². The summed E-state index contributed by atoms with van der Waals surface area (Å²) in [4.78, 5) is 11.6. The van der Waals surface area contributed by atoms with Gasteiger partial charge in [-0.3, -0.25) is 5.43 Å². The van der Waals surface area contributed by atoms with Crippen LogP contribution in [0, 0.1) is 0 Å². The highest BCUT2D eigenvalue weighted by molar-refractivity contribution is 7.80. The maximum absolute atomic E-state index is 11.6. The third kappa shape index (κ3) is 2.07. The molecule has 0 bridgehead atoms. The van der Waals surface area contributed by atoms with Gasteiger partial charge < -0.3 is 10.5 Å². The van der Waals surface area contributed by atoms with E-state index < -0.39 is 5.97 Å². The second kappa shape index (κ2) is 4.42. The Bertz CT molecular complexity index is 591. The topological polar surface area (TPSA) is 69.3 Å². The van der Waals surface area contributed by atoms with Gasteiger partial charge in [-0.25, -0.2) is 9.47 Å². The Morgan fingerprint density at radius 3 is 2.82 bits per heavy atom. The van der Waals surface area contributed by atoms with Crippen molar-refractivity contribution in [1.29, 1.82) is 0 Å². The quantitative estimate of drug-likeness (QED) is 0.618. The number of rotatable bonds is 2. The lowest BCUT2D eigenvalue weighted by molar-refractivity contribution is 0.0591. The monoisotopic (exact) mass is 249 g/mol. The minimum absolute atomic E-state index is 0.0801. The number of nitrogens with zero attached hydrogens (tertiary/aromatic N) is 1. The fourth-order valence-corrected chi connectivity index (χ4v) is 1.73. The summed E-state index contributed by atoms with van der Waals surface area (Å²) in [5, 5.41) is 0.980. The highest BCUT2D eigenvalue weighted by Crippen LogP contribution is 2.18. The van der Waals surface area contributed by atoms with Crippen molar-refractivity contribution >= 4 is 34.2 Å². The normalized spacial score (nSPS) is 10.2. The van der Waals surface area contributed by atoms with E-state index in [1.165, 1.54) is 11.8 Å². The number of aromatic nitrogens is 1. The molecule has 17 heavy (non-hydrogen) atoms. The Balaban J connectivity index is 2.64. The number of hydrogen-bond acceptors (Lipinski definition) is 3. The van der Waals surface area contributed by atoms with Crippen molar-refractivity contribution in [3.63, 3.8) is 0 Å². The third-order valence-corrected chi connectivity index (χ3v) is 2.42. The number of thiocarbonyl (C=S) groups is 1. The minimum Gasteiger partial charge on any atom is -0.464 e. The molecule has 0 amide bonds. The Labute approximate surface area is 103 Å². The van der Waals surface area contributed by atoms with E-state index in [0.29, 0.717) is 5.69 Å². The number of carbonyl (C=O) groups excluding carboxylic acids is 1. The number of nitrogens with one attached hydrogen (secondary N) is 1. The van der Waals surface area contributed by atoms with E-state index in [2.05, 4.69) is 5.43 Å².